The van der Waals surface area contributed by atoms with Crippen LogP contribution in [0, 0.1) is 6.92 Å². The van der Waals surface area contributed by atoms with Gasteiger partial charge in [-0.25, -0.2) is 0 Å². The normalized spacial score (nSPS) is 10.8. The zero-order valence-corrected chi connectivity index (χ0v) is 13.8. The van der Waals surface area contributed by atoms with Crippen molar-refractivity contribution in [1.82, 2.24) is 10.1 Å². The number of nitrogens with zero attached hydrogens (tertiary/aromatic N) is 2. The van der Waals surface area contributed by atoms with Gasteiger partial charge in [0.15, 0.2) is 11.4 Å². The van der Waals surface area contributed by atoms with Crippen LogP contribution in [0.25, 0.3) is 11.0 Å². The second-order valence-corrected chi connectivity index (χ2v) is 5.74. The largest absolute Gasteiger partial charge is 0.488 e. The zero-order chi connectivity index (χ0) is 17.1. The molecule has 0 radical (unpaired) electrons. The number of ether oxygens (including phenoxy) is 1. The van der Waals surface area contributed by atoms with Crippen molar-refractivity contribution >= 4 is 22.5 Å². The van der Waals surface area contributed by atoms with Crippen LogP contribution >= 0.6 is 0 Å². The monoisotopic (exact) mass is 331 g/mol. The van der Waals surface area contributed by atoms with E-state index in [2.05, 4.69) is 34.5 Å². The minimum atomic E-state index is 0.489. The number of anilines is 2. The van der Waals surface area contributed by atoms with Crippen LogP contribution < -0.4 is 10.1 Å². The topological polar surface area (TPSA) is 60.2 Å². The Hall–Kier alpha value is -3.34. The summed E-state index contributed by atoms with van der Waals surface area (Å²) in [5.41, 5.74) is 3.87. The SMILES string of the molecule is Cc1ccccc1COc1cccc2onc(Nc3cccnc3)c12. The van der Waals surface area contributed by atoms with Gasteiger partial charge in [-0.15, -0.1) is 0 Å². The van der Waals surface area contributed by atoms with Crippen molar-refractivity contribution in [3.05, 3.63) is 78.1 Å². The Labute approximate surface area is 145 Å². The summed E-state index contributed by atoms with van der Waals surface area (Å²) in [4.78, 5) is 4.10. The second kappa shape index (κ2) is 6.65. The summed E-state index contributed by atoms with van der Waals surface area (Å²) in [6.45, 7) is 2.57. The molecule has 4 rings (SSSR count). The molecule has 0 bridgehead atoms. The number of hydrogen-bond donors (Lipinski definition) is 1. The lowest BCUT2D eigenvalue weighted by molar-refractivity contribution is 0.309. The molecule has 124 valence electrons. The summed E-state index contributed by atoms with van der Waals surface area (Å²) in [5.74, 6) is 1.34. The van der Waals surface area contributed by atoms with Gasteiger partial charge in [0, 0.05) is 6.20 Å². The number of aryl methyl sites for hydroxylation is 1. The number of hydrogen-bond acceptors (Lipinski definition) is 5. The van der Waals surface area contributed by atoms with Gasteiger partial charge < -0.3 is 14.6 Å². The molecule has 0 unspecified atom stereocenters. The fraction of sp³-hybridized carbons (Fsp3) is 0.100. The van der Waals surface area contributed by atoms with E-state index in [1.165, 1.54) is 5.56 Å². The second-order valence-electron chi connectivity index (χ2n) is 5.74. The summed E-state index contributed by atoms with van der Waals surface area (Å²) in [6, 6.07) is 17.7. The fourth-order valence-corrected chi connectivity index (χ4v) is 2.67. The van der Waals surface area contributed by atoms with E-state index in [9.17, 15) is 0 Å². The van der Waals surface area contributed by atoms with Gasteiger partial charge in [0.25, 0.3) is 0 Å². The van der Waals surface area contributed by atoms with Crippen molar-refractivity contribution in [2.75, 3.05) is 5.32 Å². The van der Waals surface area contributed by atoms with Gasteiger partial charge in [-0.2, -0.15) is 0 Å². The summed E-state index contributed by atoms with van der Waals surface area (Å²) in [5, 5.41) is 8.18. The molecule has 2 aromatic carbocycles. The highest BCUT2D eigenvalue weighted by atomic mass is 16.5. The summed E-state index contributed by atoms with van der Waals surface area (Å²) in [7, 11) is 0. The molecule has 25 heavy (non-hydrogen) atoms. The highest BCUT2D eigenvalue weighted by Crippen LogP contribution is 2.34. The van der Waals surface area contributed by atoms with Crippen molar-refractivity contribution in [2.45, 2.75) is 13.5 Å². The maximum absolute atomic E-state index is 6.07. The first-order valence-corrected chi connectivity index (χ1v) is 8.04. The molecule has 0 aliphatic rings. The van der Waals surface area contributed by atoms with Crippen molar-refractivity contribution in [3.8, 4) is 5.75 Å². The van der Waals surface area contributed by atoms with Crippen LogP contribution in [0.5, 0.6) is 5.75 Å². The first-order chi connectivity index (χ1) is 12.3. The van der Waals surface area contributed by atoms with Crippen LogP contribution in [0.3, 0.4) is 0 Å². The summed E-state index contributed by atoms with van der Waals surface area (Å²) < 4.78 is 11.5. The minimum Gasteiger partial charge on any atom is -0.488 e. The van der Waals surface area contributed by atoms with Crippen LogP contribution in [-0.4, -0.2) is 10.1 Å². The van der Waals surface area contributed by atoms with Crippen molar-refractivity contribution in [3.63, 3.8) is 0 Å². The maximum atomic E-state index is 6.07. The van der Waals surface area contributed by atoms with Gasteiger partial charge in [-0.05, 0) is 42.3 Å². The van der Waals surface area contributed by atoms with E-state index in [1.807, 2.05) is 42.5 Å². The summed E-state index contributed by atoms with van der Waals surface area (Å²) in [6.07, 6.45) is 3.46. The molecule has 2 aromatic heterocycles. The average Bonchev–Trinajstić information content (AvgIpc) is 3.05. The van der Waals surface area contributed by atoms with E-state index in [4.69, 9.17) is 9.26 Å². The Bertz CT molecular complexity index is 996. The van der Waals surface area contributed by atoms with E-state index in [0.717, 1.165) is 22.4 Å². The third kappa shape index (κ3) is 3.17. The number of benzene rings is 2. The van der Waals surface area contributed by atoms with E-state index in [-0.39, 0.29) is 0 Å². The van der Waals surface area contributed by atoms with Gasteiger partial charge in [-0.1, -0.05) is 35.5 Å². The third-order valence-electron chi connectivity index (χ3n) is 4.03. The number of aromatic nitrogens is 2. The van der Waals surface area contributed by atoms with Crippen LogP contribution in [0.1, 0.15) is 11.1 Å². The quantitative estimate of drug-likeness (QED) is 0.566. The summed E-state index contributed by atoms with van der Waals surface area (Å²) >= 11 is 0. The number of pyridine rings is 1. The predicted molar refractivity (Wildman–Crippen MR) is 97.0 cm³/mol. The Kier molecular flexibility index (Phi) is 4.04. The third-order valence-corrected chi connectivity index (χ3v) is 4.03. The van der Waals surface area contributed by atoms with Crippen molar-refractivity contribution in [2.24, 2.45) is 0 Å². The van der Waals surface area contributed by atoms with Crippen LogP contribution in [0.4, 0.5) is 11.5 Å². The number of nitrogens with one attached hydrogen (secondary N) is 1. The van der Waals surface area contributed by atoms with Crippen molar-refractivity contribution < 1.29 is 9.26 Å². The van der Waals surface area contributed by atoms with Gasteiger partial charge >= 0.3 is 0 Å². The fourth-order valence-electron chi connectivity index (χ4n) is 2.67. The van der Waals surface area contributed by atoms with Crippen molar-refractivity contribution in [1.29, 1.82) is 0 Å². The van der Waals surface area contributed by atoms with E-state index in [0.29, 0.717) is 18.0 Å². The highest BCUT2D eigenvalue weighted by molar-refractivity contribution is 5.95. The molecule has 5 heteroatoms. The Balaban J connectivity index is 1.65. The van der Waals surface area contributed by atoms with E-state index in [1.54, 1.807) is 12.4 Å². The molecular weight excluding hydrogens is 314 g/mol. The lowest BCUT2D eigenvalue weighted by atomic mass is 10.1. The molecular formula is C20H17N3O2. The van der Waals surface area contributed by atoms with Crippen LogP contribution in [0.15, 0.2) is 71.5 Å². The van der Waals surface area contributed by atoms with E-state index < -0.39 is 0 Å². The van der Waals surface area contributed by atoms with Gasteiger partial charge in [0.2, 0.25) is 0 Å². The molecule has 0 aliphatic heterocycles. The Morgan fingerprint density at radius 3 is 2.80 bits per heavy atom. The minimum absolute atomic E-state index is 0.489. The zero-order valence-electron chi connectivity index (χ0n) is 13.8. The molecule has 0 fully saturated rings. The predicted octanol–water partition coefficient (Wildman–Crippen LogP) is 4.85. The molecule has 0 saturated carbocycles. The van der Waals surface area contributed by atoms with Gasteiger partial charge in [0.05, 0.1) is 11.9 Å². The molecule has 4 aromatic rings. The molecule has 5 nitrogen and oxygen atoms in total. The lowest BCUT2D eigenvalue weighted by Crippen LogP contribution is -1.99. The standard InChI is InChI=1S/C20H17N3O2/c1-14-6-2-3-7-15(14)13-24-17-9-4-10-18-19(17)20(23-25-18)22-16-8-5-11-21-12-16/h2-12H,13H2,1H3,(H,22,23). The Morgan fingerprint density at radius 1 is 1.04 bits per heavy atom. The number of fused-ring (bicyclic) bond motifs is 1. The van der Waals surface area contributed by atoms with E-state index >= 15 is 0 Å². The smallest absolute Gasteiger partial charge is 0.185 e. The molecule has 0 amide bonds. The molecule has 2 heterocycles. The first-order valence-electron chi connectivity index (χ1n) is 8.04. The molecule has 1 N–H and O–H groups in total. The van der Waals surface area contributed by atoms with Crippen LogP contribution in [0.2, 0.25) is 0 Å². The molecule has 0 spiro atoms. The van der Waals surface area contributed by atoms with Crippen LogP contribution in [-0.2, 0) is 6.61 Å². The molecule has 0 saturated heterocycles. The van der Waals surface area contributed by atoms with Gasteiger partial charge in [0.1, 0.15) is 17.7 Å². The van der Waals surface area contributed by atoms with Gasteiger partial charge in [-0.3, -0.25) is 4.98 Å². The molecule has 0 aliphatic carbocycles. The Morgan fingerprint density at radius 2 is 1.96 bits per heavy atom. The first kappa shape index (κ1) is 15.2. The molecule has 0 atom stereocenters. The maximum Gasteiger partial charge on any atom is 0.185 e. The highest BCUT2D eigenvalue weighted by Gasteiger charge is 2.14. The lowest BCUT2D eigenvalue weighted by Gasteiger charge is -2.10. The number of rotatable bonds is 5. The average molecular weight is 331 g/mol.